The first-order valence-electron chi connectivity index (χ1n) is 5.63. The molecule has 18 heavy (non-hydrogen) atoms. The molecule has 0 saturated carbocycles. The molecular formula is C15H14O2S. The maximum absolute atomic E-state index is 12.0. The van der Waals surface area contributed by atoms with Crippen LogP contribution in [-0.4, -0.2) is 8.42 Å². The lowest BCUT2D eigenvalue weighted by Crippen LogP contribution is -1.95. The highest BCUT2D eigenvalue weighted by atomic mass is 32.2. The van der Waals surface area contributed by atoms with Crippen LogP contribution >= 0.6 is 0 Å². The van der Waals surface area contributed by atoms with Crippen LogP contribution in [0.1, 0.15) is 11.1 Å². The van der Waals surface area contributed by atoms with Gasteiger partial charge in [0, 0.05) is 5.41 Å². The smallest absolute Gasteiger partial charge is 0.199 e. The van der Waals surface area contributed by atoms with Gasteiger partial charge in [-0.1, -0.05) is 48.0 Å². The van der Waals surface area contributed by atoms with Crippen LogP contribution in [0.25, 0.3) is 6.08 Å². The zero-order valence-corrected chi connectivity index (χ0v) is 10.9. The van der Waals surface area contributed by atoms with Crippen LogP contribution in [0.3, 0.4) is 0 Å². The maximum Gasteiger partial charge on any atom is 0.199 e. The molecule has 0 saturated heterocycles. The number of hydrogen-bond donors (Lipinski definition) is 0. The van der Waals surface area contributed by atoms with E-state index < -0.39 is 9.84 Å². The summed E-state index contributed by atoms with van der Waals surface area (Å²) < 4.78 is 24.0. The van der Waals surface area contributed by atoms with Crippen LogP contribution in [-0.2, 0) is 9.84 Å². The van der Waals surface area contributed by atoms with E-state index in [-0.39, 0.29) is 0 Å². The minimum Gasteiger partial charge on any atom is -0.219 e. The standard InChI is InChI=1S/C15H14O2S/c1-13-6-5-7-14(12-13)10-11-18(16,17)15-8-3-2-4-9-15/h2-12H,1H3. The summed E-state index contributed by atoms with van der Waals surface area (Å²) in [5.74, 6) is 0. The van der Waals surface area contributed by atoms with E-state index in [0.717, 1.165) is 11.1 Å². The van der Waals surface area contributed by atoms with Crippen molar-refractivity contribution in [1.82, 2.24) is 0 Å². The third kappa shape index (κ3) is 3.08. The lowest BCUT2D eigenvalue weighted by molar-refractivity contribution is 0.605. The number of hydrogen-bond acceptors (Lipinski definition) is 2. The summed E-state index contributed by atoms with van der Waals surface area (Å²) in [6, 6.07) is 16.1. The zero-order valence-electron chi connectivity index (χ0n) is 10.1. The zero-order chi connectivity index (χ0) is 13.0. The van der Waals surface area contributed by atoms with Gasteiger partial charge in [-0.15, -0.1) is 0 Å². The first kappa shape index (κ1) is 12.6. The molecule has 0 aliphatic carbocycles. The van der Waals surface area contributed by atoms with Crippen molar-refractivity contribution in [2.24, 2.45) is 0 Å². The molecule has 2 nitrogen and oxygen atoms in total. The van der Waals surface area contributed by atoms with E-state index in [1.54, 1.807) is 36.4 Å². The van der Waals surface area contributed by atoms with E-state index in [2.05, 4.69) is 0 Å². The number of sulfone groups is 1. The Kier molecular flexibility index (Phi) is 3.63. The lowest BCUT2D eigenvalue weighted by atomic mass is 10.1. The van der Waals surface area contributed by atoms with Crippen molar-refractivity contribution in [3.8, 4) is 0 Å². The van der Waals surface area contributed by atoms with Crippen molar-refractivity contribution in [2.75, 3.05) is 0 Å². The van der Waals surface area contributed by atoms with Crippen molar-refractivity contribution in [1.29, 1.82) is 0 Å². The van der Waals surface area contributed by atoms with Crippen molar-refractivity contribution >= 4 is 15.9 Å². The Morgan fingerprint density at radius 1 is 0.944 bits per heavy atom. The van der Waals surface area contributed by atoms with E-state index in [0.29, 0.717) is 4.90 Å². The maximum atomic E-state index is 12.0. The van der Waals surface area contributed by atoms with Gasteiger partial charge in [0.05, 0.1) is 4.90 Å². The van der Waals surface area contributed by atoms with Crippen molar-refractivity contribution in [3.63, 3.8) is 0 Å². The first-order chi connectivity index (χ1) is 8.58. The quantitative estimate of drug-likeness (QED) is 0.845. The highest BCUT2D eigenvalue weighted by molar-refractivity contribution is 7.94. The normalized spacial score (nSPS) is 11.8. The van der Waals surface area contributed by atoms with Crippen LogP contribution < -0.4 is 0 Å². The molecule has 0 unspecified atom stereocenters. The molecule has 0 radical (unpaired) electrons. The Hall–Kier alpha value is -1.87. The third-order valence-corrected chi connectivity index (χ3v) is 3.98. The van der Waals surface area contributed by atoms with Crippen LogP contribution in [0.2, 0.25) is 0 Å². The molecular weight excluding hydrogens is 244 g/mol. The van der Waals surface area contributed by atoms with Gasteiger partial charge in [0.15, 0.2) is 9.84 Å². The summed E-state index contributed by atoms with van der Waals surface area (Å²) in [5, 5.41) is 1.25. The van der Waals surface area contributed by atoms with E-state index in [1.807, 2.05) is 31.2 Å². The van der Waals surface area contributed by atoms with E-state index in [4.69, 9.17) is 0 Å². The highest BCUT2D eigenvalue weighted by Gasteiger charge is 2.08. The molecule has 0 aromatic heterocycles. The van der Waals surface area contributed by atoms with Crippen LogP contribution in [0, 0.1) is 6.92 Å². The Labute approximate surface area is 108 Å². The summed E-state index contributed by atoms with van der Waals surface area (Å²) >= 11 is 0. The molecule has 2 rings (SSSR count). The second-order valence-electron chi connectivity index (χ2n) is 4.07. The summed E-state index contributed by atoms with van der Waals surface area (Å²) in [5.41, 5.74) is 1.99. The fourth-order valence-corrected chi connectivity index (χ4v) is 2.66. The second-order valence-corrected chi connectivity index (χ2v) is 5.91. The molecule has 0 aliphatic heterocycles. The molecule has 0 spiro atoms. The van der Waals surface area contributed by atoms with E-state index in [9.17, 15) is 8.42 Å². The molecule has 2 aromatic carbocycles. The van der Waals surface area contributed by atoms with E-state index in [1.165, 1.54) is 5.41 Å². The van der Waals surface area contributed by atoms with E-state index >= 15 is 0 Å². The van der Waals surface area contributed by atoms with Gasteiger partial charge in [0.1, 0.15) is 0 Å². The molecule has 0 N–H and O–H groups in total. The number of rotatable bonds is 3. The Morgan fingerprint density at radius 2 is 1.67 bits per heavy atom. The van der Waals surface area contributed by atoms with Gasteiger partial charge in [-0.3, -0.25) is 0 Å². The van der Waals surface area contributed by atoms with Gasteiger partial charge in [0.25, 0.3) is 0 Å². The summed E-state index contributed by atoms with van der Waals surface area (Å²) in [7, 11) is -3.35. The Balaban J connectivity index is 2.29. The van der Waals surface area contributed by atoms with Crippen molar-refractivity contribution in [2.45, 2.75) is 11.8 Å². The molecule has 0 aliphatic rings. The van der Waals surface area contributed by atoms with Crippen molar-refractivity contribution < 1.29 is 8.42 Å². The first-order valence-corrected chi connectivity index (χ1v) is 7.17. The monoisotopic (exact) mass is 258 g/mol. The summed E-state index contributed by atoms with van der Waals surface area (Å²) in [6.45, 7) is 1.98. The predicted octanol–water partition coefficient (Wildman–Crippen LogP) is 3.44. The molecule has 92 valence electrons. The molecule has 0 amide bonds. The topological polar surface area (TPSA) is 34.1 Å². The molecule has 0 atom stereocenters. The van der Waals surface area contributed by atoms with Gasteiger partial charge in [-0.25, -0.2) is 8.42 Å². The highest BCUT2D eigenvalue weighted by Crippen LogP contribution is 2.14. The lowest BCUT2D eigenvalue weighted by Gasteiger charge is -1.99. The summed E-state index contributed by atoms with van der Waals surface area (Å²) in [6.07, 6.45) is 1.62. The largest absolute Gasteiger partial charge is 0.219 e. The minimum absolute atomic E-state index is 0.314. The molecule has 2 aromatic rings. The Morgan fingerprint density at radius 3 is 2.33 bits per heavy atom. The fraction of sp³-hybridized carbons (Fsp3) is 0.0667. The predicted molar refractivity (Wildman–Crippen MR) is 73.8 cm³/mol. The Bertz CT molecular complexity index is 656. The van der Waals surface area contributed by atoms with Gasteiger partial charge >= 0.3 is 0 Å². The summed E-state index contributed by atoms with van der Waals surface area (Å²) in [4.78, 5) is 0.314. The molecule has 3 heteroatoms. The van der Waals surface area contributed by atoms with Crippen LogP contribution in [0.15, 0.2) is 64.9 Å². The van der Waals surface area contributed by atoms with Crippen molar-refractivity contribution in [3.05, 3.63) is 71.1 Å². The minimum atomic E-state index is -3.35. The number of aryl methyl sites for hydroxylation is 1. The third-order valence-electron chi connectivity index (χ3n) is 2.55. The molecule has 0 fully saturated rings. The van der Waals surface area contributed by atoms with Gasteiger partial charge in [-0.2, -0.15) is 0 Å². The molecule has 0 heterocycles. The SMILES string of the molecule is Cc1cccc(C=CS(=O)(=O)c2ccccc2)c1. The average molecular weight is 258 g/mol. The van der Waals surface area contributed by atoms with Gasteiger partial charge in [-0.05, 0) is 30.7 Å². The van der Waals surface area contributed by atoms with Crippen LogP contribution in [0.4, 0.5) is 0 Å². The van der Waals surface area contributed by atoms with Gasteiger partial charge in [0.2, 0.25) is 0 Å². The second kappa shape index (κ2) is 5.19. The number of benzene rings is 2. The fourth-order valence-electron chi connectivity index (χ4n) is 1.63. The average Bonchev–Trinajstić information content (AvgIpc) is 2.38. The molecule has 0 bridgehead atoms. The van der Waals surface area contributed by atoms with Crippen LogP contribution in [0.5, 0.6) is 0 Å². The van der Waals surface area contributed by atoms with Gasteiger partial charge < -0.3 is 0 Å².